The molecule has 0 unspecified atom stereocenters. The molecule has 1 rings (SSSR count). The van der Waals surface area contributed by atoms with Crippen molar-refractivity contribution >= 4 is 5.91 Å². The Morgan fingerprint density at radius 1 is 1.14 bits per heavy atom. The van der Waals surface area contributed by atoms with E-state index in [1.807, 2.05) is 26.0 Å². The molecular formula is C19H31NO2. The summed E-state index contributed by atoms with van der Waals surface area (Å²) in [7, 11) is 0. The van der Waals surface area contributed by atoms with Crippen LogP contribution in [-0.4, -0.2) is 18.1 Å². The van der Waals surface area contributed by atoms with Gasteiger partial charge >= 0.3 is 0 Å². The van der Waals surface area contributed by atoms with Gasteiger partial charge in [0.15, 0.2) is 6.10 Å². The van der Waals surface area contributed by atoms with Crippen LogP contribution in [0.15, 0.2) is 24.3 Å². The molecule has 2 atom stereocenters. The zero-order valence-electron chi connectivity index (χ0n) is 15.1. The maximum Gasteiger partial charge on any atom is 0.261 e. The van der Waals surface area contributed by atoms with Gasteiger partial charge in [0.2, 0.25) is 0 Å². The minimum Gasteiger partial charge on any atom is -0.481 e. The number of amides is 1. The minimum absolute atomic E-state index is 0.0383. The van der Waals surface area contributed by atoms with Gasteiger partial charge in [-0.05, 0) is 42.4 Å². The van der Waals surface area contributed by atoms with Crippen LogP contribution in [0.3, 0.4) is 0 Å². The molecule has 1 amide bonds. The Balaban J connectivity index is 2.72. The highest BCUT2D eigenvalue weighted by molar-refractivity contribution is 5.81. The van der Waals surface area contributed by atoms with Gasteiger partial charge in [0.05, 0.1) is 0 Å². The lowest BCUT2D eigenvalue weighted by atomic mass is 9.87. The summed E-state index contributed by atoms with van der Waals surface area (Å²) in [5, 5.41) is 3.02. The van der Waals surface area contributed by atoms with Gasteiger partial charge in [-0.3, -0.25) is 4.79 Å². The Bertz CT molecular complexity index is 471. The van der Waals surface area contributed by atoms with Gasteiger partial charge in [0, 0.05) is 6.04 Å². The van der Waals surface area contributed by atoms with Crippen molar-refractivity contribution < 1.29 is 9.53 Å². The molecule has 0 spiro atoms. The van der Waals surface area contributed by atoms with Crippen molar-refractivity contribution in [1.82, 2.24) is 5.32 Å². The molecule has 0 fully saturated rings. The lowest BCUT2D eigenvalue weighted by Gasteiger charge is -2.23. The summed E-state index contributed by atoms with van der Waals surface area (Å²) in [6.45, 7) is 14.7. The Hall–Kier alpha value is -1.51. The molecule has 0 aliphatic rings. The number of rotatable bonds is 6. The molecule has 1 N–H and O–H groups in total. The average Bonchev–Trinajstić information content (AvgIpc) is 2.43. The Morgan fingerprint density at radius 2 is 1.68 bits per heavy atom. The summed E-state index contributed by atoms with van der Waals surface area (Å²) < 4.78 is 5.86. The first-order valence-corrected chi connectivity index (χ1v) is 8.22. The predicted octanol–water partition coefficient (Wildman–Crippen LogP) is 4.30. The van der Waals surface area contributed by atoms with E-state index < -0.39 is 6.10 Å². The normalized spacial score (nSPS) is 14.5. The molecule has 0 aliphatic heterocycles. The number of benzene rings is 1. The van der Waals surface area contributed by atoms with Gasteiger partial charge in [-0.15, -0.1) is 0 Å². The third kappa shape index (κ3) is 5.36. The van der Waals surface area contributed by atoms with Crippen LogP contribution in [0.1, 0.15) is 60.5 Å². The van der Waals surface area contributed by atoms with Gasteiger partial charge in [0.1, 0.15) is 5.75 Å². The number of carbonyl (C=O) groups is 1. The van der Waals surface area contributed by atoms with Crippen molar-refractivity contribution in [3.63, 3.8) is 0 Å². The number of carbonyl (C=O) groups excluding carboxylic acids is 1. The van der Waals surface area contributed by atoms with Gasteiger partial charge < -0.3 is 10.1 Å². The van der Waals surface area contributed by atoms with Crippen LogP contribution >= 0.6 is 0 Å². The summed E-state index contributed by atoms with van der Waals surface area (Å²) in [6, 6.07) is 8.17. The fraction of sp³-hybridized carbons (Fsp3) is 0.632. The molecule has 0 saturated heterocycles. The molecule has 3 heteroatoms. The molecule has 0 aromatic heterocycles. The summed E-state index contributed by atoms with van der Waals surface area (Å²) in [4.78, 5) is 12.3. The zero-order chi connectivity index (χ0) is 16.9. The lowest BCUT2D eigenvalue weighted by Crippen LogP contribution is -2.44. The Morgan fingerprint density at radius 3 is 2.09 bits per heavy atom. The zero-order valence-corrected chi connectivity index (χ0v) is 15.1. The van der Waals surface area contributed by atoms with Crippen molar-refractivity contribution in [3.05, 3.63) is 29.8 Å². The second kappa shape index (κ2) is 7.66. The molecule has 3 nitrogen and oxygen atoms in total. The molecule has 124 valence electrons. The average molecular weight is 305 g/mol. The third-order valence-corrected chi connectivity index (χ3v) is 4.03. The molecular weight excluding hydrogens is 274 g/mol. The largest absolute Gasteiger partial charge is 0.481 e. The smallest absolute Gasteiger partial charge is 0.261 e. The van der Waals surface area contributed by atoms with Crippen LogP contribution in [0.2, 0.25) is 0 Å². The fourth-order valence-corrected chi connectivity index (χ4v) is 2.00. The number of hydrogen-bond acceptors (Lipinski definition) is 2. The highest BCUT2D eigenvalue weighted by Gasteiger charge is 2.21. The molecule has 1 aromatic rings. The highest BCUT2D eigenvalue weighted by Crippen LogP contribution is 2.24. The molecule has 0 radical (unpaired) electrons. The molecule has 0 saturated carbocycles. The first-order valence-electron chi connectivity index (χ1n) is 8.22. The van der Waals surface area contributed by atoms with E-state index in [2.05, 4.69) is 52.1 Å². The third-order valence-electron chi connectivity index (χ3n) is 4.03. The molecule has 0 heterocycles. The summed E-state index contributed by atoms with van der Waals surface area (Å²) >= 11 is 0. The number of nitrogens with one attached hydrogen (secondary N) is 1. The van der Waals surface area contributed by atoms with Crippen LogP contribution in [0, 0.1) is 5.92 Å². The van der Waals surface area contributed by atoms with Crippen molar-refractivity contribution in [1.29, 1.82) is 0 Å². The second-order valence-electron chi connectivity index (χ2n) is 7.33. The predicted molar refractivity (Wildman–Crippen MR) is 92.3 cm³/mol. The van der Waals surface area contributed by atoms with Crippen molar-refractivity contribution in [2.75, 3.05) is 0 Å². The van der Waals surface area contributed by atoms with E-state index >= 15 is 0 Å². The van der Waals surface area contributed by atoms with Gasteiger partial charge in [0.25, 0.3) is 5.91 Å². The fourth-order valence-electron chi connectivity index (χ4n) is 2.00. The van der Waals surface area contributed by atoms with Crippen molar-refractivity contribution in [3.8, 4) is 5.75 Å². The van der Waals surface area contributed by atoms with E-state index in [4.69, 9.17) is 4.74 Å². The quantitative estimate of drug-likeness (QED) is 0.851. The van der Waals surface area contributed by atoms with Crippen LogP contribution in [0.25, 0.3) is 0 Å². The van der Waals surface area contributed by atoms with Crippen molar-refractivity contribution in [2.45, 2.75) is 72.4 Å². The van der Waals surface area contributed by atoms with Crippen LogP contribution < -0.4 is 10.1 Å². The summed E-state index contributed by atoms with van der Waals surface area (Å²) in [5.41, 5.74) is 1.37. The maximum atomic E-state index is 12.3. The van der Waals surface area contributed by atoms with E-state index in [1.165, 1.54) is 5.56 Å². The lowest BCUT2D eigenvalue weighted by molar-refractivity contribution is -0.129. The van der Waals surface area contributed by atoms with Crippen molar-refractivity contribution in [2.24, 2.45) is 5.92 Å². The highest BCUT2D eigenvalue weighted by atomic mass is 16.5. The molecule has 0 aliphatic carbocycles. The summed E-state index contributed by atoms with van der Waals surface area (Å²) in [5.74, 6) is 1.11. The van der Waals surface area contributed by atoms with E-state index in [1.54, 1.807) is 0 Å². The number of ether oxygens (including phenoxy) is 1. The SMILES string of the molecule is CC[C@@H](Oc1ccc(C(C)(C)C)cc1)C(=O)N[C@H](C)C(C)C. The summed E-state index contributed by atoms with van der Waals surface area (Å²) in [6.07, 6.45) is 0.208. The van der Waals surface area contributed by atoms with Gasteiger partial charge in [-0.25, -0.2) is 0 Å². The second-order valence-corrected chi connectivity index (χ2v) is 7.33. The molecule has 1 aromatic carbocycles. The first kappa shape index (κ1) is 18.5. The molecule has 22 heavy (non-hydrogen) atoms. The van der Waals surface area contributed by atoms with Crippen LogP contribution in [-0.2, 0) is 10.2 Å². The van der Waals surface area contributed by atoms with Crippen LogP contribution in [0.5, 0.6) is 5.75 Å². The van der Waals surface area contributed by atoms with E-state index in [0.29, 0.717) is 12.3 Å². The van der Waals surface area contributed by atoms with Gasteiger partial charge in [-0.1, -0.05) is 53.7 Å². The number of hydrogen-bond donors (Lipinski definition) is 1. The molecule has 0 bridgehead atoms. The standard InChI is InChI=1S/C19H31NO2/c1-8-17(18(21)20-14(4)13(2)3)22-16-11-9-15(10-12-16)19(5,6)7/h9-14,17H,8H2,1-7H3,(H,20,21)/t14-,17-/m1/s1. The first-order chi connectivity index (χ1) is 10.1. The maximum absolute atomic E-state index is 12.3. The monoisotopic (exact) mass is 305 g/mol. The van der Waals surface area contributed by atoms with Gasteiger partial charge in [-0.2, -0.15) is 0 Å². The Kier molecular flexibility index (Phi) is 6.46. The minimum atomic E-state index is -0.443. The van der Waals surface area contributed by atoms with E-state index in [9.17, 15) is 4.79 Å². The van der Waals surface area contributed by atoms with E-state index in [0.717, 1.165) is 5.75 Å². The van der Waals surface area contributed by atoms with E-state index in [-0.39, 0.29) is 17.4 Å². The topological polar surface area (TPSA) is 38.3 Å². The van der Waals surface area contributed by atoms with Crippen LogP contribution in [0.4, 0.5) is 0 Å². The Labute approximate surface area is 135 Å².